The highest BCUT2D eigenvalue weighted by molar-refractivity contribution is 5.94. The van der Waals surface area contributed by atoms with Crippen molar-refractivity contribution in [2.45, 2.75) is 25.8 Å². The first-order valence-corrected chi connectivity index (χ1v) is 6.58. The predicted octanol–water partition coefficient (Wildman–Crippen LogP) is 1.38. The molecule has 2 heterocycles. The number of carbonyl (C=O) groups is 1. The van der Waals surface area contributed by atoms with Crippen LogP contribution in [0.15, 0.2) is 35.5 Å². The molecule has 20 heavy (non-hydrogen) atoms. The smallest absolute Gasteiger partial charge is 0.253 e. The van der Waals surface area contributed by atoms with Gasteiger partial charge in [0, 0.05) is 31.7 Å². The van der Waals surface area contributed by atoms with E-state index in [0.717, 1.165) is 18.7 Å². The minimum Gasteiger partial charge on any atom is -0.342 e. The van der Waals surface area contributed by atoms with Gasteiger partial charge in [0.2, 0.25) is 5.56 Å². The topological polar surface area (TPSA) is 79.8 Å². The maximum atomic E-state index is 12.2. The molecule has 0 aromatic carbocycles. The number of nitrogens with one attached hydrogen (secondary N) is 2. The summed E-state index contributed by atoms with van der Waals surface area (Å²) in [6.45, 7) is 2.06. The second-order valence-electron chi connectivity index (χ2n) is 4.65. The van der Waals surface area contributed by atoms with Crippen molar-refractivity contribution in [3.05, 3.63) is 52.5 Å². The molecule has 1 atom stereocenters. The summed E-state index contributed by atoms with van der Waals surface area (Å²) in [7, 11) is 1.90. The van der Waals surface area contributed by atoms with Crippen molar-refractivity contribution >= 4 is 5.91 Å². The first-order valence-electron chi connectivity index (χ1n) is 6.58. The van der Waals surface area contributed by atoms with Crippen LogP contribution in [-0.2, 0) is 7.05 Å². The third-order valence-electron chi connectivity index (χ3n) is 3.10. The number of rotatable bonds is 5. The van der Waals surface area contributed by atoms with Gasteiger partial charge in [-0.15, -0.1) is 0 Å². The van der Waals surface area contributed by atoms with Crippen molar-refractivity contribution in [3.63, 3.8) is 0 Å². The lowest BCUT2D eigenvalue weighted by molar-refractivity contribution is 0.0931. The van der Waals surface area contributed by atoms with Crippen molar-refractivity contribution < 1.29 is 4.79 Å². The number of hydrogen-bond donors (Lipinski definition) is 2. The summed E-state index contributed by atoms with van der Waals surface area (Å²) in [5, 5.41) is 2.95. The van der Waals surface area contributed by atoms with Crippen molar-refractivity contribution in [1.82, 2.24) is 19.9 Å². The third kappa shape index (κ3) is 3.14. The average molecular weight is 274 g/mol. The van der Waals surface area contributed by atoms with Crippen LogP contribution in [0.2, 0.25) is 0 Å². The fraction of sp³-hybridized carbons (Fsp3) is 0.357. The van der Waals surface area contributed by atoms with Gasteiger partial charge in [0.25, 0.3) is 5.91 Å². The summed E-state index contributed by atoms with van der Waals surface area (Å²) in [4.78, 5) is 30.0. The standard InChI is InChI=1S/C14H18N4O2/c1-3-4-11(13-15-7-8-18(13)2)17-14(20)10-5-6-12(19)16-9-10/h5-9,11H,3-4H2,1-2H3,(H,16,19)(H,17,20)/t11-/m0/s1. The summed E-state index contributed by atoms with van der Waals surface area (Å²) < 4.78 is 1.90. The first-order chi connectivity index (χ1) is 9.61. The molecule has 2 rings (SSSR count). The fourth-order valence-electron chi connectivity index (χ4n) is 2.06. The van der Waals surface area contributed by atoms with E-state index in [4.69, 9.17) is 0 Å². The highest BCUT2D eigenvalue weighted by atomic mass is 16.2. The normalized spacial score (nSPS) is 12.1. The number of aryl methyl sites for hydroxylation is 1. The lowest BCUT2D eigenvalue weighted by atomic mass is 10.1. The number of pyridine rings is 1. The van der Waals surface area contributed by atoms with E-state index >= 15 is 0 Å². The number of amides is 1. The van der Waals surface area contributed by atoms with Gasteiger partial charge in [-0.25, -0.2) is 4.98 Å². The molecule has 0 fully saturated rings. The number of hydrogen-bond acceptors (Lipinski definition) is 3. The molecule has 0 aliphatic heterocycles. The second-order valence-corrected chi connectivity index (χ2v) is 4.65. The number of aromatic amines is 1. The molecular formula is C14H18N4O2. The van der Waals surface area contributed by atoms with Gasteiger partial charge in [0.05, 0.1) is 11.6 Å². The Bertz CT molecular complexity index is 624. The molecule has 0 aliphatic rings. The van der Waals surface area contributed by atoms with E-state index in [1.807, 2.05) is 17.8 Å². The van der Waals surface area contributed by atoms with E-state index in [0.29, 0.717) is 5.56 Å². The molecule has 0 saturated carbocycles. The summed E-state index contributed by atoms with van der Waals surface area (Å²) in [5.41, 5.74) is 0.204. The molecule has 6 nitrogen and oxygen atoms in total. The molecule has 2 aromatic heterocycles. The molecule has 0 bridgehead atoms. The molecule has 2 aromatic rings. The summed E-state index contributed by atoms with van der Waals surface area (Å²) >= 11 is 0. The quantitative estimate of drug-likeness (QED) is 0.864. The van der Waals surface area contributed by atoms with Gasteiger partial charge in [-0.3, -0.25) is 9.59 Å². The van der Waals surface area contributed by atoms with Gasteiger partial charge < -0.3 is 14.9 Å². The zero-order valence-electron chi connectivity index (χ0n) is 11.6. The molecule has 0 aliphatic carbocycles. The van der Waals surface area contributed by atoms with Gasteiger partial charge in [0.15, 0.2) is 0 Å². The van der Waals surface area contributed by atoms with E-state index in [1.54, 1.807) is 6.20 Å². The van der Waals surface area contributed by atoms with Crippen molar-refractivity contribution in [2.75, 3.05) is 0 Å². The average Bonchev–Trinajstić information content (AvgIpc) is 2.85. The summed E-state index contributed by atoms with van der Waals surface area (Å²) in [5.74, 6) is 0.604. The molecule has 106 valence electrons. The Hall–Kier alpha value is -2.37. The van der Waals surface area contributed by atoms with Crippen LogP contribution in [-0.4, -0.2) is 20.4 Å². The highest BCUT2D eigenvalue weighted by Gasteiger charge is 2.18. The Morgan fingerprint density at radius 2 is 2.30 bits per heavy atom. The molecule has 2 N–H and O–H groups in total. The number of carbonyl (C=O) groups excluding carboxylic acids is 1. The Kier molecular flexibility index (Phi) is 4.34. The van der Waals surface area contributed by atoms with Crippen molar-refractivity contribution in [2.24, 2.45) is 7.05 Å². The van der Waals surface area contributed by atoms with E-state index in [9.17, 15) is 9.59 Å². The minimum atomic E-state index is -0.226. The molecule has 6 heteroatoms. The van der Waals surface area contributed by atoms with Crippen LogP contribution in [0.5, 0.6) is 0 Å². The minimum absolute atomic E-state index is 0.139. The summed E-state index contributed by atoms with van der Waals surface area (Å²) in [6.07, 6.45) is 6.72. The van der Waals surface area contributed by atoms with Crippen molar-refractivity contribution in [1.29, 1.82) is 0 Å². The van der Waals surface area contributed by atoms with Gasteiger partial charge in [-0.1, -0.05) is 13.3 Å². The van der Waals surface area contributed by atoms with E-state index in [1.165, 1.54) is 18.3 Å². The van der Waals surface area contributed by atoms with Gasteiger partial charge >= 0.3 is 0 Å². The molecule has 0 unspecified atom stereocenters. The van der Waals surface area contributed by atoms with Crippen LogP contribution in [0, 0.1) is 0 Å². The van der Waals surface area contributed by atoms with Crippen LogP contribution in [0.4, 0.5) is 0 Å². The first kappa shape index (κ1) is 14.0. The fourth-order valence-corrected chi connectivity index (χ4v) is 2.06. The Morgan fingerprint density at radius 3 is 2.85 bits per heavy atom. The zero-order chi connectivity index (χ0) is 14.5. The Labute approximate surface area is 116 Å². The number of nitrogens with zero attached hydrogens (tertiary/aromatic N) is 2. The SMILES string of the molecule is CCC[C@H](NC(=O)c1ccc(=O)[nH]c1)c1nccn1C. The van der Waals surface area contributed by atoms with E-state index in [2.05, 4.69) is 22.2 Å². The van der Waals surface area contributed by atoms with Crippen molar-refractivity contribution in [3.8, 4) is 0 Å². The van der Waals surface area contributed by atoms with Gasteiger partial charge in [-0.05, 0) is 12.5 Å². The van der Waals surface area contributed by atoms with Crippen LogP contribution in [0.3, 0.4) is 0 Å². The number of H-pyrrole nitrogens is 1. The maximum Gasteiger partial charge on any atom is 0.253 e. The van der Waals surface area contributed by atoms with Crippen LogP contribution >= 0.6 is 0 Å². The molecule has 0 saturated heterocycles. The van der Waals surface area contributed by atoms with E-state index < -0.39 is 0 Å². The lowest BCUT2D eigenvalue weighted by Gasteiger charge is -2.17. The largest absolute Gasteiger partial charge is 0.342 e. The van der Waals surface area contributed by atoms with Gasteiger partial charge in [-0.2, -0.15) is 0 Å². The zero-order valence-corrected chi connectivity index (χ0v) is 11.6. The second kappa shape index (κ2) is 6.18. The third-order valence-corrected chi connectivity index (χ3v) is 3.10. The van der Waals surface area contributed by atoms with Gasteiger partial charge in [0.1, 0.15) is 5.82 Å². The Balaban J connectivity index is 2.16. The highest BCUT2D eigenvalue weighted by Crippen LogP contribution is 2.16. The number of imidazole rings is 1. The number of aromatic nitrogens is 3. The lowest BCUT2D eigenvalue weighted by Crippen LogP contribution is -2.30. The molecular weight excluding hydrogens is 256 g/mol. The molecule has 0 spiro atoms. The van der Waals surface area contributed by atoms with Crippen LogP contribution in [0.25, 0.3) is 0 Å². The maximum absolute atomic E-state index is 12.2. The summed E-state index contributed by atoms with van der Waals surface area (Å²) in [6, 6.07) is 2.71. The molecule has 1 amide bonds. The monoisotopic (exact) mass is 274 g/mol. The Morgan fingerprint density at radius 1 is 1.50 bits per heavy atom. The molecule has 0 radical (unpaired) electrons. The predicted molar refractivity (Wildman–Crippen MR) is 75.4 cm³/mol. The van der Waals surface area contributed by atoms with Crippen LogP contribution < -0.4 is 10.9 Å². The van der Waals surface area contributed by atoms with Crippen LogP contribution in [0.1, 0.15) is 42.0 Å². The van der Waals surface area contributed by atoms with E-state index in [-0.39, 0.29) is 17.5 Å².